The number of fused-ring (bicyclic) bond motifs is 12. The highest BCUT2D eigenvalue weighted by Crippen LogP contribution is 2.46. The Balaban J connectivity index is 0.000000150. The molecule has 0 bridgehead atoms. The van der Waals surface area contributed by atoms with Crippen molar-refractivity contribution in [3.8, 4) is 67.8 Å². The standard InChI is InChI=1S/2C44H32N6/c1-26-14-19-40-35(22-26)32-10-6-8-12-38(32)49(40)42-21-16-30(44-47-28(3)46-29(4)48-44)24-37(42)34-18-17-31(45-5)25-43(34)50-39-13-9-7-11-33(39)36-23-27(2)15-20-41(36)50;1-26-14-18-40-34(22-26)32-10-6-8-12-38(32)49(40)42-20-16-30(44-47-28(3)46-29(4)48-44)24-36(42)37-25-31(45-5)17-21-43(37)50-39-13-9-7-11-33(39)35-23-27(2)15-19-41(35)50/h2*6-25H,1-4H3. The third-order valence-corrected chi connectivity index (χ3v) is 19.3. The topological polar surface area (TPSA) is 106 Å². The van der Waals surface area contributed by atoms with Gasteiger partial charge in [-0.15, -0.1) is 0 Å². The Hall–Kier alpha value is -13.2. The fraction of sp³-hybridized carbons (Fsp3) is 0.0909. The Morgan fingerprint density at radius 1 is 0.240 bits per heavy atom. The SMILES string of the molecule is [C-]#[N+]c1ccc(-c2cc(-c3nc(C)nc(C)n3)ccc2-n2c3ccccc3c3cc(C)ccc32)c(-n2c3ccccc3c3cc(C)ccc32)c1.[C-]#[N+]c1ccc(-n2c3ccccc3c3cc(C)ccc32)c(-c2cc(-c3nc(C)nc(C)n3)ccc2-n2c3ccccc3c3cc(C)ccc32)c1. The van der Waals surface area contributed by atoms with Gasteiger partial charge in [0.1, 0.15) is 23.3 Å². The Morgan fingerprint density at radius 3 is 0.890 bits per heavy atom. The van der Waals surface area contributed by atoms with E-state index >= 15 is 0 Å². The molecule has 6 heterocycles. The minimum Gasteiger partial charge on any atom is -0.310 e. The van der Waals surface area contributed by atoms with E-state index in [1.54, 1.807) is 0 Å². The van der Waals surface area contributed by atoms with Crippen LogP contribution in [0.4, 0.5) is 11.4 Å². The molecule has 0 N–H and O–H groups in total. The second-order valence-electron chi connectivity index (χ2n) is 26.1. The van der Waals surface area contributed by atoms with Crippen molar-refractivity contribution >= 4 is 98.6 Å². The van der Waals surface area contributed by atoms with Crippen molar-refractivity contribution in [1.29, 1.82) is 0 Å². The van der Waals surface area contributed by atoms with E-state index in [2.05, 4.69) is 284 Å². The van der Waals surface area contributed by atoms with Crippen LogP contribution >= 0.6 is 0 Å². The Labute approximate surface area is 577 Å². The molecule has 0 spiro atoms. The summed E-state index contributed by atoms with van der Waals surface area (Å²) in [6.07, 6.45) is 0. The summed E-state index contributed by atoms with van der Waals surface area (Å²) in [6, 6.07) is 85.9. The van der Waals surface area contributed by atoms with Gasteiger partial charge in [0, 0.05) is 76.6 Å². The first-order chi connectivity index (χ1) is 48.7. The minimum atomic E-state index is 0.571. The molecule has 100 heavy (non-hydrogen) atoms. The molecule has 12 nitrogen and oxygen atoms in total. The van der Waals surface area contributed by atoms with Gasteiger partial charge in [0.25, 0.3) is 0 Å². The van der Waals surface area contributed by atoms with Crippen LogP contribution in [0.5, 0.6) is 0 Å². The molecular formula is C88H64N12. The van der Waals surface area contributed by atoms with Crippen molar-refractivity contribution in [1.82, 2.24) is 48.2 Å². The molecular weight excluding hydrogens is 1230 g/mol. The lowest BCUT2D eigenvalue weighted by atomic mass is 9.97. The predicted octanol–water partition coefficient (Wildman–Crippen LogP) is 22.4. The van der Waals surface area contributed by atoms with Crippen LogP contribution < -0.4 is 0 Å². The van der Waals surface area contributed by atoms with Crippen LogP contribution in [0.15, 0.2) is 243 Å². The molecule has 0 atom stereocenters. The maximum atomic E-state index is 8.07. The molecule has 0 saturated carbocycles. The summed E-state index contributed by atoms with van der Waals surface area (Å²) in [5.74, 6) is 3.96. The molecule has 476 valence electrons. The summed E-state index contributed by atoms with van der Waals surface area (Å²) in [5, 5.41) is 9.55. The zero-order valence-electron chi connectivity index (χ0n) is 56.5. The van der Waals surface area contributed by atoms with Crippen molar-refractivity contribution in [2.75, 3.05) is 0 Å². The van der Waals surface area contributed by atoms with Crippen molar-refractivity contribution in [2.45, 2.75) is 55.4 Å². The number of aryl methyl sites for hydroxylation is 8. The van der Waals surface area contributed by atoms with Gasteiger partial charge in [0.05, 0.1) is 74.3 Å². The fourth-order valence-corrected chi connectivity index (χ4v) is 15.1. The van der Waals surface area contributed by atoms with Gasteiger partial charge >= 0.3 is 0 Å². The quantitative estimate of drug-likeness (QED) is 0.140. The highest BCUT2D eigenvalue weighted by Gasteiger charge is 2.25. The van der Waals surface area contributed by atoms with Gasteiger partial charge in [-0.3, -0.25) is 0 Å². The smallest absolute Gasteiger partial charge is 0.189 e. The van der Waals surface area contributed by atoms with Crippen LogP contribution in [0.25, 0.3) is 165 Å². The van der Waals surface area contributed by atoms with E-state index in [0.717, 1.165) is 100 Å². The highest BCUT2D eigenvalue weighted by atomic mass is 15.1. The van der Waals surface area contributed by atoms with Gasteiger partial charge in [-0.05, 0) is 188 Å². The van der Waals surface area contributed by atoms with Crippen molar-refractivity contribution in [3.05, 3.63) is 311 Å². The van der Waals surface area contributed by atoms with Crippen LogP contribution in [0.1, 0.15) is 45.6 Å². The van der Waals surface area contributed by atoms with Crippen LogP contribution in [0, 0.1) is 68.5 Å². The molecule has 0 radical (unpaired) electrons. The Bertz CT molecular complexity index is 6520. The maximum Gasteiger partial charge on any atom is 0.189 e. The van der Waals surface area contributed by atoms with Crippen molar-refractivity contribution in [3.63, 3.8) is 0 Å². The molecule has 0 unspecified atom stereocenters. The molecule has 0 aliphatic carbocycles. The second kappa shape index (κ2) is 23.9. The van der Waals surface area contributed by atoms with E-state index in [9.17, 15) is 0 Å². The number of hydrogen-bond acceptors (Lipinski definition) is 6. The minimum absolute atomic E-state index is 0.571. The van der Waals surface area contributed by atoms with E-state index in [-0.39, 0.29) is 0 Å². The second-order valence-corrected chi connectivity index (χ2v) is 26.1. The van der Waals surface area contributed by atoms with E-state index in [0.29, 0.717) is 46.3 Å². The Kier molecular flexibility index (Phi) is 14.5. The zero-order valence-corrected chi connectivity index (χ0v) is 56.5. The summed E-state index contributed by atoms with van der Waals surface area (Å²) >= 11 is 0. The van der Waals surface area contributed by atoms with Gasteiger partial charge in [-0.1, -0.05) is 138 Å². The molecule has 18 rings (SSSR count). The molecule has 0 aliphatic rings. The summed E-state index contributed by atoms with van der Waals surface area (Å²) in [5.41, 5.74) is 24.5. The normalized spacial score (nSPS) is 11.6. The summed E-state index contributed by atoms with van der Waals surface area (Å²) in [6.45, 7) is 32.2. The summed E-state index contributed by atoms with van der Waals surface area (Å²) in [7, 11) is 0. The summed E-state index contributed by atoms with van der Waals surface area (Å²) < 4.78 is 9.39. The first kappa shape index (κ1) is 60.5. The number of para-hydroxylation sites is 4. The Morgan fingerprint density at radius 2 is 0.530 bits per heavy atom. The lowest BCUT2D eigenvalue weighted by molar-refractivity contribution is 0.928. The largest absolute Gasteiger partial charge is 0.310 e. The van der Waals surface area contributed by atoms with E-state index in [4.69, 9.17) is 33.1 Å². The van der Waals surface area contributed by atoms with Gasteiger partial charge in [0.15, 0.2) is 23.0 Å². The molecule has 0 saturated heterocycles. The fourth-order valence-electron chi connectivity index (χ4n) is 15.1. The van der Waals surface area contributed by atoms with Crippen LogP contribution in [0.2, 0.25) is 0 Å². The van der Waals surface area contributed by atoms with Crippen molar-refractivity contribution in [2.24, 2.45) is 0 Å². The van der Waals surface area contributed by atoms with E-state index in [1.165, 1.54) is 65.3 Å². The average Bonchev–Trinajstić information content (AvgIpc) is 1.54. The van der Waals surface area contributed by atoms with Crippen LogP contribution in [-0.4, -0.2) is 48.2 Å². The van der Waals surface area contributed by atoms with Gasteiger partial charge < -0.3 is 18.3 Å². The van der Waals surface area contributed by atoms with Gasteiger partial charge in [-0.25, -0.2) is 39.6 Å². The number of hydrogen-bond donors (Lipinski definition) is 0. The van der Waals surface area contributed by atoms with E-state index in [1.807, 2.05) is 52.0 Å². The average molecular weight is 1290 g/mol. The van der Waals surface area contributed by atoms with Crippen molar-refractivity contribution < 1.29 is 0 Å². The molecule has 12 heteroatoms. The first-order valence-corrected chi connectivity index (χ1v) is 33.5. The molecule has 0 fully saturated rings. The number of rotatable bonds is 8. The third-order valence-electron chi connectivity index (χ3n) is 19.3. The number of nitrogens with zero attached hydrogens (tertiary/aromatic N) is 12. The van der Waals surface area contributed by atoms with Gasteiger partial charge in [0.2, 0.25) is 0 Å². The molecule has 18 aromatic rings. The molecule has 0 amide bonds. The maximum absolute atomic E-state index is 8.07. The molecule has 6 aromatic heterocycles. The van der Waals surface area contributed by atoms with Crippen LogP contribution in [-0.2, 0) is 0 Å². The van der Waals surface area contributed by atoms with Gasteiger partial charge in [-0.2, -0.15) is 0 Å². The van der Waals surface area contributed by atoms with Crippen LogP contribution in [0.3, 0.4) is 0 Å². The van der Waals surface area contributed by atoms with E-state index < -0.39 is 0 Å². The molecule has 12 aromatic carbocycles. The highest BCUT2D eigenvalue weighted by molar-refractivity contribution is 6.14. The molecule has 0 aliphatic heterocycles. The number of benzene rings is 12. The predicted molar refractivity (Wildman–Crippen MR) is 409 cm³/mol. The number of aromatic nitrogens is 10. The summed E-state index contributed by atoms with van der Waals surface area (Å²) in [4.78, 5) is 35.7. The lowest BCUT2D eigenvalue weighted by Crippen LogP contribution is -2.03. The lowest BCUT2D eigenvalue weighted by Gasteiger charge is -2.20. The zero-order chi connectivity index (χ0) is 68.2. The third kappa shape index (κ3) is 10.1. The first-order valence-electron chi connectivity index (χ1n) is 33.5. The monoisotopic (exact) mass is 1290 g/mol.